The van der Waals surface area contributed by atoms with Gasteiger partial charge in [-0.3, -0.25) is 9.59 Å². The third-order valence-corrected chi connectivity index (χ3v) is 6.91. The van der Waals surface area contributed by atoms with E-state index in [0.717, 1.165) is 24.0 Å². The van der Waals surface area contributed by atoms with E-state index in [1.165, 1.54) is 0 Å². The van der Waals surface area contributed by atoms with Gasteiger partial charge in [-0.25, -0.2) is 4.98 Å². The highest BCUT2D eigenvalue weighted by Crippen LogP contribution is 2.33. The second-order valence-corrected chi connectivity index (χ2v) is 9.81. The van der Waals surface area contributed by atoms with Crippen molar-refractivity contribution in [2.24, 2.45) is 11.8 Å². The van der Waals surface area contributed by atoms with E-state index in [-0.39, 0.29) is 42.4 Å². The molecular weight excluding hydrogens is 444 g/mol. The van der Waals surface area contributed by atoms with Gasteiger partial charge >= 0.3 is 0 Å². The first-order chi connectivity index (χ1) is 16.8. The highest BCUT2D eigenvalue weighted by Gasteiger charge is 2.35. The van der Waals surface area contributed by atoms with Gasteiger partial charge in [0.25, 0.3) is 5.91 Å². The molecule has 1 aromatic heterocycles. The number of nitriles is 1. The van der Waals surface area contributed by atoms with Crippen molar-refractivity contribution >= 4 is 11.8 Å². The zero-order valence-corrected chi connectivity index (χ0v) is 20.5. The summed E-state index contributed by atoms with van der Waals surface area (Å²) in [7, 11) is 1.79. The summed E-state index contributed by atoms with van der Waals surface area (Å²) in [5.74, 6) is 0.487. The number of hydrogen-bond donors (Lipinski definition) is 1. The summed E-state index contributed by atoms with van der Waals surface area (Å²) >= 11 is 0. The first-order valence-corrected chi connectivity index (χ1v) is 12.1. The lowest BCUT2D eigenvalue weighted by atomic mass is 9.99. The largest absolute Gasteiger partial charge is 0.472 e. The lowest BCUT2D eigenvalue weighted by molar-refractivity contribution is -0.131. The van der Waals surface area contributed by atoms with E-state index in [2.05, 4.69) is 11.1 Å². The molecule has 3 atom stereocenters. The maximum atomic E-state index is 13.6. The van der Waals surface area contributed by atoms with Crippen LogP contribution in [0.2, 0.25) is 0 Å². The van der Waals surface area contributed by atoms with Crippen LogP contribution in [0.4, 0.5) is 0 Å². The molecule has 1 aromatic carbocycles. The van der Waals surface area contributed by atoms with Crippen molar-refractivity contribution in [3.8, 4) is 23.1 Å². The molecule has 8 heteroatoms. The lowest BCUT2D eigenvalue weighted by Crippen LogP contribution is -2.50. The Bertz CT molecular complexity index is 1120. The average molecular weight is 477 g/mol. The number of aliphatic hydroxyl groups excluding tert-OH is 1. The Morgan fingerprint density at radius 2 is 2.03 bits per heavy atom. The van der Waals surface area contributed by atoms with Gasteiger partial charge < -0.3 is 19.6 Å². The number of amides is 2. The molecule has 8 nitrogen and oxygen atoms in total. The Morgan fingerprint density at radius 3 is 2.66 bits per heavy atom. The number of benzene rings is 1. The molecule has 1 aliphatic carbocycles. The minimum Gasteiger partial charge on any atom is -0.472 e. The van der Waals surface area contributed by atoms with E-state index in [4.69, 9.17) is 10.00 Å². The van der Waals surface area contributed by atoms with Crippen LogP contribution in [-0.4, -0.2) is 70.6 Å². The minimum absolute atomic E-state index is 0.0859. The number of nitrogens with zero attached hydrogens (tertiary/aromatic N) is 4. The van der Waals surface area contributed by atoms with Crippen molar-refractivity contribution in [1.29, 1.82) is 5.26 Å². The van der Waals surface area contributed by atoms with Crippen LogP contribution in [0.25, 0.3) is 11.1 Å². The van der Waals surface area contributed by atoms with Crippen LogP contribution in [0.5, 0.6) is 5.88 Å². The van der Waals surface area contributed by atoms with Crippen LogP contribution in [0.15, 0.2) is 36.5 Å². The number of ether oxygens (including phenoxy) is 1. The van der Waals surface area contributed by atoms with Gasteiger partial charge in [0.1, 0.15) is 11.7 Å². The maximum absolute atomic E-state index is 13.6. The van der Waals surface area contributed by atoms with Crippen molar-refractivity contribution in [2.45, 2.75) is 45.3 Å². The third-order valence-electron chi connectivity index (χ3n) is 6.91. The fourth-order valence-corrected chi connectivity index (χ4v) is 4.31. The van der Waals surface area contributed by atoms with E-state index in [1.807, 2.05) is 26.0 Å². The Labute approximate surface area is 206 Å². The van der Waals surface area contributed by atoms with Gasteiger partial charge in [-0.05, 0) is 49.4 Å². The average Bonchev–Trinajstić information content (AvgIpc) is 3.69. The number of aromatic nitrogens is 1. The molecule has 0 unspecified atom stereocenters. The highest BCUT2D eigenvalue weighted by atomic mass is 16.5. The fraction of sp³-hybridized carbons (Fsp3) is 0.481. The van der Waals surface area contributed by atoms with Crippen LogP contribution in [-0.2, 0) is 4.79 Å². The summed E-state index contributed by atoms with van der Waals surface area (Å²) in [6.45, 7) is 4.41. The van der Waals surface area contributed by atoms with Crippen LogP contribution in [0, 0.1) is 23.2 Å². The summed E-state index contributed by atoms with van der Waals surface area (Å²) in [6, 6.07) is 10.5. The van der Waals surface area contributed by atoms with Crippen LogP contribution >= 0.6 is 0 Å². The molecule has 4 rings (SSSR count). The molecule has 1 N–H and O–H groups in total. The fourth-order valence-electron chi connectivity index (χ4n) is 4.31. The van der Waals surface area contributed by atoms with Crippen molar-refractivity contribution in [3.63, 3.8) is 0 Å². The third kappa shape index (κ3) is 5.63. The number of aliphatic hydroxyl groups is 1. The molecule has 2 aromatic rings. The van der Waals surface area contributed by atoms with E-state index >= 15 is 0 Å². The van der Waals surface area contributed by atoms with E-state index in [0.29, 0.717) is 36.6 Å². The molecule has 0 saturated heterocycles. The van der Waals surface area contributed by atoms with Gasteiger partial charge in [-0.1, -0.05) is 19.1 Å². The molecule has 184 valence electrons. The Morgan fingerprint density at radius 1 is 1.31 bits per heavy atom. The van der Waals surface area contributed by atoms with Gasteiger partial charge in [-0.15, -0.1) is 0 Å². The summed E-state index contributed by atoms with van der Waals surface area (Å²) in [4.78, 5) is 34.1. The van der Waals surface area contributed by atoms with Gasteiger partial charge in [0.05, 0.1) is 30.8 Å². The van der Waals surface area contributed by atoms with Crippen LogP contribution in [0.3, 0.4) is 0 Å². The van der Waals surface area contributed by atoms with Gasteiger partial charge in [0.2, 0.25) is 11.8 Å². The first kappa shape index (κ1) is 24.7. The molecule has 1 aliphatic heterocycles. The molecule has 0 radical (unpaired) electrons. The Kier molecular flexibility index (Phi) is 7.37. The second-order valence-electron chi connectivity index (χ2n) is 9.81. The Hall–Kier alpha value is -3.44. The molecule has 2 aliphatic rings. The summed E-state index contributed by atoms with van der Waals surface area (Å²) < 4.78 is 6.29. The van der Waals surface area contributed by atoms with Gasteiger partial charge in [-0.2, -0.15) is 5.26 Å². The molecule has 1 saturated carbocycles. The minimum atomic E-state index is -0.385. The zero-order valence-electron chi connectivity index (χ0n) is 20.5. The standard InChI is InChI=1S/C27H32N4O4/c1-17-14-31(18(2)16-32)27(34)23-11-22(21-8-6-20(12-28)7-9-21)13-29-26(23)35-24(17)15-30(3)25(33)10-19-4-5-19/h6-9,11,13,17-19,24,32H,4-5,10,14-16H2,1-3H3/t17-,18-,24-/m1/s1. The second kappa shape index (κ2) is 10.4. The van der Waals surface area contributed by atoms with E-state index in [1.54, 1.807) is 41.2 Å². The molecule has 2 heterocycles. The summed E-state index contributed by atoms with van der Waals surface area (Å²) in [6.07, 6.45) is 4.08. The van der Waals surface area contributed by atoms with Crippen LogP contribution < -0.4 is 4.74 Å². The molecule has 0 bridgehead atoms. The summed E-state index contributed by atoms with van der Waals surface area (Å²) in [5, 5.41) is 18.9. The number of rotatable bonds is 7. The quantitative estimate of drug-likeness (QED) is 0.658. The molecule has 2 amide bonds. The number of fused-ring (bicyclic) bond motifs is 1. The molecule has 35 heavy (non-hydrogen) atoms. The molecular formula is C27H32N4O4. The predicted octanol–water partition coefficient (Wildman–Crippen LogP) is 3.10. The molecule has 1 fully saturated rings. The SMILES string of the molecule is C[C@@H]1CN([C@H](C)CO)C(=O)c2cc(-c3ccc(C#N)cc3)cnc2O[C@@H]1CN(C)C(=O)CC1CC1. The van der Waals surface area contributed by atoms with Crippen molar-refractivity contribution in [3.05, 3.63) is 47.7 Å². The monoisotopic (exact) mass is 476 g/mol. The topological polar surface area (TPSA) is 107 Å². The van der Waals surface area contributed by atoms with Crippen LogP contribution in [0.1, 0.15) is 49.0 Å². The number of carbonyl (C=O) groups excluding carboxylic acids is 2. The number of carbonyl (C=O) groups is 2. The number of hydrogen-bond acceptors (Lipinski definition) is 6. The summed E-state index contributed by atoms with van der Waals surface area (Å²) in [5.41, 5.74) is 2.42. The maximum Gasteiger partial charge on any atom is 0.259 e. The normalized spacial score (nSPS) is 20.7. The lowest BCUT2D eigenvalue weighted by Gasteiger charge is -2.37. The highest BCUT2D eigenvalue weighted by molar-refractivity contribution is 5.98. The van der Waals surface area contributed by atoms with Gasteiger partial charge in [0, 0.05) is 37.7 Å². The van der Waals surface area contributed by atoms with Crippen molar-refractivity contribution in [1.82, 2.24) is 14.8 Å². The van der Waals surface area contributed by atoms with E-state index in [9.17, 15) is 14.7 Å². The van der Waals surface area contributed by atoms with Crippen molar-refractivity contribution < 1.29 is 19.4 Å². The van der Waals surface area contributed by atoms with Crippen molar-refractivity contribution in [2.75, 3.05) is 26.7 Å². The molecule has 0 spiro atoms. The number of likely N-dealkylation sites (N-methyl/N-ethyl adjacent to an activating group) is 1. The zero-order chi connectivity index (χ0) is 25.1. The smallest absolute Gasteiger partial charge is 0.259 e. The number of pyridine rings is 1. The van der Waals surface area contributed by atoms with Gasteiger partial charge in [0.15, 0.2) is 0 Å². The van der Waals surface area contributed by atoms with E-state index < -0.39 is 0 Å². The first-order valence-electron chi connectivity index (χ1n) is 12.1. The Balaban J connectivity index is 1.66. The predicted molar refractivity (Wildman–Crippen MR) is 131 cm³/mol.